The first-order valence-corrected chi connectivity index (χ1v) is 12.5. The molecular formula is C25H31N5O2S. The number of thiophene rings is 1. The van der Waals surface area contributed by atoms with Crippen LogP contribution in [0.1, 0.15) is 27.3 Å². The molecule has 33 heavy (non-hydrogen) atoms. The van der Waals surface area contributed by atoms with Crippen LogP contribution < -0.4 is 16.0 Å². The normalized spacial score (nSPS) is 18.9. The smallest absolute Gasteiger partial charge is 0.263 e. The number of nitrogens with two attached hydrogens (primary N) is 1. The lowest BCUT2D eigenvalue weighted by atomic mass is 10.1. The summed E-state index contributed by atoms with van der Waals surface area (Å²) in [6.07, 6.45) is 2.44. The van der Waals surface area contributed by atoms with E-state index in [1.807, 2.05) is 19.1 Å². The van der Waals surface area contributed by atoms with Crippen LogP contribution in [0.15, 0.2) is 36.4 Å². The van der Waals surface area contributed by atoms with E-state index < -0.39 is 0 Å². The Morgan fingerprint density at radius 1 is 1.18 bits per heavy atom. The molecule has 1 aromatic carbocycles. The lowest BCUT2D eigenvalue weighted by Crippen LogP contribution is -2.50. The molecule has 3 aromatic rings. The fraction of sp³-hybridized carbons (Fsp3) is 0.440. The summed E-state index contributed by atoms with van der Waals surface area (Å²) in [5.41, 5.74) is 10.1. The number of amides is 1. The van der Waals surface area contributed by atoms with Gasteiger partial charge in [0.15, 0.2) is 0 Å². The summed E-state index contributed by atoms with van der Waals surface area (Å²) in [5, 5.41) is 3.86. The summed E-state index contributed by atoms with van der Waals surface area (Å²) < 4.78 is 5.56. The molecule has 7 nitrogen and oxygen atoms in total. The van der Waals surface area contributed by atoms with Crippen LogP contribution in [0.4, 0.5) is 11.4 Å². The van der Waals surface area contributed by atoms with Gasteiger partial charge in [0.25, 0.3) is 5.91 Å². The zero-order valence-corrected chi connectivity index (χ0v) is 19.9. The van der Waals surface area contributed by atoms with Crippen molar-refractivity contribution in [2.45, 2.75) is 25.9 Å². The van der Waals surface area contributed by atoms with Gasteiger partial charge in [-0.1, -0.05) is 12.1 Å². The van der Waals surface area contributed by atoms with Crippen molar-refractivity contribution in [3.05, 3.63) is 52.5 Å². The summed E-state index contributed by atoms with van der Waals surface area (Å²) in [6, 6.07) is 12.6. The van der Waals surface area contributed by atoms with Gasteiger partial charge in [-0.15, -0.1) is 11.3 Å². The Bertz CT molecular complexity index is 1120. The van der Waals surface area contributed by atoms with Crippen molar-refractivity contribution in [1.29, 1.82) is 0 Å². The molecule has 5 rings (SSSR count). The standard InChI is InChI=1S/C25H31N5O2S/c1-17-2-7-21-22(26)23(33-25(21)28-17)24(31)27-10-8-18-3-5-19(6-4-18)30-13-11-29(12-14-30)16-20-9-15-32-20/h2-7,20H,8-16,26H2,1H3,(H,27,31). The zero-order valence-electron chi connectivity index (χ0n) is 19.0. The van der Waals surface area contributed by atoms with Crippen LogP contribution in [-0.2, 0) is 11.2 Å². The van der Waals surface area contributed by atoms with Gasteiger partial charge >= 0.3 is 0 Å². The molecular weight excluding hydrogens is 434 g/mol. The second kappa shape index (κ2) is 9.67. The highest BCUT2D eigenvalue weighted by Gasteiger charge is 2.24. The molecule has 2 aliphatic rings. The number of rotatable bonds is 7. The quantitative estimate of drug-likeness (QED) is 0.558. The molecule has 1 atom stereocenters. The Kier molecular flexibility index (Phi) is 6.48. The number of benzene rings is 1. The van der Waals surface area contributed by atoms with Gasteiger partial charge in [0.2, 0.25) is 0 Å². The number of carbonyl (C=O) groups is 1. The Morgan fingerprint density at radius 3 is 2.64 bits per heavy atom. The summed E-state index contributed by atoms with van der Waals surface area (Å²) in [5.74, 6) is -0.130. The Balaban J connectivity index is 1.10. The number of pyridine rings is 1. The molecule has 2 aliphatic heterocycles. The Labute approximate surface area is 198 Å². The Hall–Kier alpha value is -2.68. The third-order valence-corrected chi connectivity index (χ3v) is 7.68. The molecule has 0 bridgehead atoms. The number of anilines is 2. The molecule has 174 valence electrons. The molecule has 0 radical (unpaired) electrons. The van der Waals surface area contributed by atoms with E-state index in [4.69, 9.17) is 10.5 Å². The summed E-state index contributed by atoms with van der Waals surface area (Å²) in [4.78, 5) is 23.5. The van der Waals surface area contributed by atoms with Gasteiger partial charge in [-0.05, 0) is 49.6 Å². The number of hydrogen-bond donors (Lipinski definition) is 2. The molecule has 1 amide bonds. The SMILES string of the molecule is Cc1ccc2c(N)c(C(=O)NCCc3ccc(N4CCN(CC5CCO5)CC4)cc3)sc2n1. The maximum atomic E-state index is 12.7. The van der Waals surface area contributed by atoms with Crippen molar-refractivity contribution in [2.75, 3.05) is 56.5 Å². The van der Waals surface area contributed by atoms with E-state index in [0.29, 0.717) is 23.2 Å². The van der Waals surface area contributed by atoms with Crippen LogP contribution in [0.25, 0.3) is 10.2 Å². The van der Waals surface area contributed by atoms with Crippen LogP contribution in [-0.4, -0.2) is 67.8 Å². The minimum atomic E-state index is -0.130. The van der Waals surface area contributed by atoms with Gasteiger partial charge in [-0.3, -0.25) is 9.69 Å². The number of nitrogens with zero attached hydrogens (tertiary/aromatic N) is 3. The van der Waals surface area contributed by atoms with Gasteiger partial charge in [0, 0.05) is 62.6 Å². The van der Waals surface area contributed by atoms with Crippen LogP contribution >= 0.6 is 11.3 Å². The first-order valence-electron chi connectivity index (χ1n) is 11.7. The molecule has 0 saturated carbocycles. The summed E-state index contributed by atoms with van der Waals surface area (Å²) in [6.45, 7) is 8.78. The second-order valence-electron chi connectivity index (χ2n) is 8.89. The highest BCUT2D eigenvalue weighted by molar-refractivity contribution is 7.21. The minimum absolute atomic E-state index is 0.130. The zero-order chi connectivity index (χ0) is 22.8. The number of aryl methyl sites for hydroxylation is 1. The number of nitrogen functional groups attached to an aromatic ring is 1. The lowest BCUT2D eigenvalue weighted by Gasteiger charge is -2.39. The Morgan fingerprint density at radius 2 is 1.94 bits per heavy atom. The van der Waals surface area contributed by atoms with E-state index in [1.165, 1.54) is 29.0 Å². The van der Waals surface area contributed by atoms with Crippen LogP contribution in [0.2, 0.25) is 0 Å². The summed E-state index contributed by atoms with van der Waals surface area (Å²) in [7, 11) is 0. The van der Waals surface area contributed by atoms with E-state index in [9.17, 15) is 4.79 Å². The minimum Gasteiger partial charge on any atom is -0.397 e. The van der Waals surface area contributed by atoms with E-state index in [1.54, 1.807) is 0 Å². The van der Waals surface area contributed by atoms with E-state index in [-0.39, 0.29) is 5.91 Å². The average Bonchev–Trinajstić information content (AvgIpc) is 3.13. The second-order valence-corrected chi connectivity index (χ2v) is 9.89. The van der Waals surface area contributed by atoms with Crippen molar-refractivity contribution in [2.24, 2.45) is 0 Å². The number of fused-ring (bicyclic) bond motifs is 1. The van der Waals surface area contributed by atoms with Gasteiger partial charge < -0.3 is 20.7 Å². The molecule has 8 heteroatoms. The molecule has 3 N–H and O–H groups in total. The van der Waals surface area contributed by atoms with Crippen LogP contribution in [0.3, 0.4) is 0 Å². The predicted molar refractivity (Wildman–Crippen MR) is 134 cm³/mol. The molecule has 2 fully saturated rings. The third-order valence-electron chi connectivity index (χ3n) is 6.57. The van der Waals surface area contributed by atoms with Crippen LogP contribution in [0, 0.1) is 6.92 Å². The number of hydrogen-bond acceptors (Lipinski definition) is 7. The van der Waals surface area contributed by atoms with E-state index >= 15 is 0 Å². The maximum absolute atomic E-state index is 12.7. The molecule has 4 heterocycles. The summed E-state index contributed by atoms with van der Waals surface area (Å²) >= 11 is 1.35. The van der Waals surface area contributed by atoms with Gasteiger partial charge in [-0.25, -0.2) is 4.98 Å². The topological polar surface area (TPSA) is 83.7 Å². The molecule has 1 unspecified atom stereocenters. The van der Waals surface area contributed by atoms with Crippen molar-refractivity contribution >= 4 is 38.8 Å². The highest BCUT2D eigenvalue weighted by atomic mass is 32.1. The fourth-order valence-electron chi connectivity index (χ4n) is 4.44. The fourth-order valence-corrected chi connectivity index (χ4v) is 5.49. The number of aromatic nitrogens is 1. The molecule has 2 saturated heterocycles. The number of ether oxygens (including phenoxy) is 1. The predicted octanol–water partition coefficient (Wildman–Crippen LogP) is 3.07. The van der Waals surface area contributed by atoms with Crippen LogP contribution in [0.5, 0.6) is 0 Å². The lowest BCUT2D eigenvalue weighted by molar-refractivity contribution is -0.0671. The van der Waals surface area contributed by atoms with Crippen molar-refractivity contribution in [3.8, 4) is 0 Å². The first kappa shape index (κ1) is 22.1. The van der Waals surface area contributed by atoms with Gasteiger partial charge in [0.05, 0.1) is 11.8 Å². The van der Waals surface area contributed by atoms with Crippen molar-refractivity contribution < 1.29 is 9.53 Å². The third kappa shape index (κ3) is 4.98. The molecule has 0 spiro atoms. The van der Waals surface area contributed by atoms with Gasteiger partial charge in [0.1, 0.15) is 9.71 Å². The number of piperazine rings is 1. The largest absolute Gasteiger partial charge is 0.397 e. The number of carbonyl (C=O) groups excluding carboxylic acids is 1. The molecule has 0 aliphatic carbocycles. The van der Waals surface area contributed by atoms with Gasteiger partial charge in [-0.2, -0.15) is 0 Å². The first-order chi connectivity index (χ1) is 16.1. The van der Waals surface area contributed by atoms with E-state index in [0.717, 1.165) is 61.7 Å². The van der Waals surface area contributed by atoms with Crippen molar-refractivity contribution in [3.63, 3.8) is 0 Å². The molecule has 2 aromatic heterocycles. The highest BCUT2D eigenvalue weighted by Crippen LogP contribution is 2.32. The monoisotopic (exact) mass is 465 g/mol. The maximum Gasteiger partial charge on any atom is 0.263 e. The average molecular weight is 466 g/mol. The van der Waals surface area contributed by atoms with E-state index in [2.05, 4.69) is 44.4 Å². The van der Waals surface area contributed by atoms with Crippen molar-refractivity contribution in [1.82, 2.24) is 15.2 Å². The number of nitrogens with one attached hydrogen (secondary N) is 1.